The summed E-state index contributed by atoms with van der Waals surface area (Å²) in [6.07, 6.45) is 5.07. The molecule has 1 N–H and O–H groups in total. The summed E-state index contributed by atoms with van der Waals surface area (Å²) < 4.78 is 5.31. The van der Waals surface area contributed by atoms with Crippen molar-refractivity contribution in [3.8, 4) is 5.75 Å². The van der Waals surface area contributed by atoms with E-state index in [1.807, 2.05) is 23.1 Å². The van der Waals surface area contributed by atoms with Crippen molar-refractivity contribution in [2.45, 2.75) is 44.8 Å². The lowest BCUT2D eigenvalue weighted by Crippen LogP contribution is -2.41. The first-order chi connectivity index (χ1) is 10.2. The Morgan fingerprint density at radius 3 is 2.81 bits per heavy atom. The standard InChI is InChI=1S/C17H24N2O2/c1-12(13-6-3-4-7-13)19-16(20)11-18-17(19)14-8-5-9-15(10-14)21-2/h5,8-10,12-13,17-18H,3-4,6-7,11H2,1-2H3. The summed E-state index contributed by atoms with van der Waals surface area (Å²) in [5.74, 6) is 1.69. The average Bonchev–Trinajstić information content (AvgIpc) is 3.16. The minimum absolute atomic E-state index is 0.0248. The summed E-state index contributed by atoms with van der Waals surface area (Å²) in [4.78, 5) is 14.4. The fraction of sp³-hybridized carbons (Fsp3) is 0.588. The van der Waals surface area contributed by atoms with Gasteiger partial charge >= 0.3 is 0 Å². The predicted molar refractivity (Wildman–Crippen MR) is 82.0 cm³/mol. The summed E-state index contributed by atoms with van der Waals surface area (Å²) in [5, 5.41) is 3.35. The maximum absolute atomic E-state index is 12.3. The van der Waals surface area contributed by atoms with E-state index in [0.29, 0.717) is 18.5 Å². The van der Waals surface area contributed by atoms with Crippen molar-refractivity contribution >= 4 is 5.91 Å². The number of benzene rings is 1. The molecule has 1 aliphatic heterocycles. The van der Waals surface area contributed by atoms with Crippen molar-refractivity contribution < 1.29 is 9.53 Å². The van der Waals surface area contributed by atoms with Gasteiger partial charge in [0.15, 0.2) is 0 Å². The smallest absolute Gasteiger partial charge is 0.238 e. The second-order valence-electron chi connectivity index (χ2n) is 6.15. The van der Waals surface area contributed by atoms with Crippen LogP contribution in [-0.4, -0.2) is 30.5 Å². The van der Waals surface area contributed by atoms with Crippen molar-refractivity contribution in [2.75, 3.05) is 13.7 Å². The summed E-state index contributed by atoms with van der Waals surface area (Å²) >= 11 is 0. The van der Waals surface area contributed by atoms with Crippen LogP contribution in [0.3, 0.4) is 0 Å². The van der Waals surface area contributed by atoms with E-state index in [2.05, 4.69) is 18.3 Å². The zero-order valence-electron chi connectivity index (χ0n) is 12.8. The molecule has 1 saturated carbocycles. The van der Waals surface area contributed by atoms with E-state index in [1.54, 1.807) is 7.11 Å². The summed E-state index contributed by atoms with van der Waals surface area (Å²) in [6.45, 7) is 2.63. The number of nitrogens with zero attached hydrogens (tertiary/aromatic N) is 1. The van der Waals surface area contributed by atoms with Gasteiger partial charge in [-0.25, -0.2) is 0 Å². The number of rotatable bonds is 4. The Labute approximate surface area is 126 Å². The van der Waals surface area contributed by atoms with Crippen LogP contribution < -0.4 is 10.1 Å². The van der Waals surface area contributed by atoms with Crippen LogP contribution in [0.4, 0.5) is 0 Å². The number of amides is 1. The van der Waals surface area contributed by atoms with Gasteiger partial charge in [0.1, 0.15) is 11.9 Å². The van der Waals surface area contributed by atoms with Crippen molar-refractivity contribution in [3.63, 3.8) is 0 Å². The highest BCUT2D eigenvalue weighted by Crippen LogP contribution is 2.35. The Bertz CT molecular complexity index is 511. The SMILES string of the molecule is COc1cccc(C2NCC(=O)N2C(C)C2CCCC2)c1. The van der Waals surface area contributed by atoms with Gasteiger partial charge in [0.25, 0.3) is 0 Å². The number of hydrogen-bond acceptors (Lipinski definition) is 3. The Hall–Kier alpha value is -1.55. The Morgan fingerprint density at radius 2 is 2.10 bits per heavy atom. The molecule has 114 valence electrons. The van der Waals surface area contributed by atoms with Gasteiger partial charge in [-0.15, -0.1) is 0 Å². The highest BCUT2D eigenvalue weighted by molar-refractivity contribution is 5.81. The maximum Gasteiger partial charge on any atom is 0.238 e. The van der Waals surface area contributed by atoms with Crippen molar-refractivity contribution in [1.29, 1.82) is 0 Å². The first-order valence-electron chi connectivity index (χ1n) is 7.89. The van der Waals surface area contributed by atoms with Crippen LogP contribution in [0.5, 0.6) is 5.75 Å². The Balaban J connectivity index is 1.84. The van der Waals surface area contributed by atoms with E-state index < -0.39 is 0 Å². The molecular weight excluding hydrogens is 264 g/mol. The highest BCUT2D eigenvalue weighted by Gasteiger charge is 2.38. The van der Waals surface area contributed by atoms with E-state index in [1.165, 1.54) is 25.7 Å². The fourth-order valence-electron chi connectivity index (χ4n) is 3.74. The predicted octanol–water partition coefficient (Wildman–Crippen LogP) is 2.70. The van der Waals surface area contributed by atoms with Crippen LogP contribution in [0.1, 0.15) is 44.3 Å². The Kier molecular flexibility index (Phi) is 4.15. The van der Waals surface area contributed by atoms with Crippen LogP contribution >= 0.6 is 0 Å². The van der Waals surface area contributed by atoms with Crippen LogP contribution in [0.25, 0.3) is 0 Å². The largest absolute Gasteiger partial charge is 0.497 e. The number of carbonyl (C=O) groups is 1. The fourth-order valence-corrected chi connectivity index (χ4v) is 3.74. The van der Waals surface area contributed by atoms with E-state index in [4.69, 9.17) is 4.74 Å². The molecule has 2 fully saturated rings. The van der Waals surface area contributed by atoms with Gasteiger partial charge in [0.2, 0.25) is 5.91 Å². The summed E-state index contributed by atoms with van der Waals surface area (Å²) in [6, 6.07) is 8.30. The molecule has 0 spiro atoms. The van der Waals surface area contributed by atoms with Crippen LogP contribution in [-0.2, 0) is 4.79 Å². The van der Waals surface area contributed by atoms with Gasteiger partial charge in [0, 0.05) is 6.04 Å². The van der Waals surface area contributed by atoms with Gasteiger partial charge in [-0.2, -0.15) is 0 Å². The normalized spacial score (nSPS) is 24.6. The van der Waals surface area contributed by atoms with Crippen LogP contribution in [0.15, 0.2) is 24.3 Å². The monoisotopic (exact) mass is 288 g/mol. The summed E-state index contributed by atoms with van der Waals surface area (Å²) in [5.41, 5.74) is 1.10. The number of methoxy groups -OCH3 is 1. The van der Waals surface area contributed by atoms with Crippen LogP contribution in [0, 0.1) is 5.92 Å². The third kappa shape index (κ3) is 2.77. The molecule has 1 aromatic carbocycles. The van der Waals surface area contributed by atoms with Crippen molar-refractivity contribution in [3.05, 3.63) is 29.8 Å². The molecule has 0 bridgehead atoms. The number of carbonyl (C=O) groups excluding carboxylic acids is 1. The highest BCUT2D eigenvalue weighted by atomic mass is 16.5. The minimum atomic E-state index is -0.0248. The number of nitrogens with one attached hydrogen (secondary N) is 1. The first kappa shape index (κ1) is 14.4. The van der Waals surface area contributed by atoms with E-state index >= 15 is 0 Å². The molecule has 0 aromatic heterocycles. The minimum Gasteiger partial charge on any atom is -0.497 e. The molecule has 1 aromatic rings. The second-order valence-corrected chi connectivity index (χ2v) is 6.15. The Morgan fingerprint density at radius 1 is 1.33 bits per heavy atom. The van der Waals surface area contributed by atoms with Gasteiger partial charge in [-0.05, 0) is 43.4 Å². The van der Waals surface area contributed by atoms with Crippen molar-refractivity contribution in [1.82, 2.24) is 10.2 Å². The number of ether oxygens (including phenoxy) is 1. The van der Waals surface area contributed by atoms with E-state index in [-0.39, 0.29) is 12.1 Å². The molecule has 4 nitrogen and oxygen atoms in total. The quantitative estimate of drug-likeness (QED) is 0.926. The zero-order chi connectivity index (χ0) is 14.8. The molecule has 0 radical (unpaired) electrons. The molecule has 2 aliphatic rings. The molecular formula is C17H24N2O2. The molecule has 1 heterocycles. The van der Waals surface area contributed by atoms with Gasteiger partial charge in [-0.1, -0.05) is 25.0 Å². The molecule has 4 heteroatoms. The third-order valence-electron chi connectivity index (χ3n) is 4.94. The topological polar surface area (TPSA) is 41.6 Å². The molecule has 2 atom stereocenters. The van der Waals surface area contributed by atoms with Gasteiger partial charge in [-0.3, -0.25) is 10.1 Å². The van der Waals surface area contributed by atoms with E-state index in [9.17, 15) is 4.79 Å². The lowest BCUT2D eigenvalue weighted by molar-refractivity contribution is -0.131. The maximum atomic E-state index is 12.3. The molecule has 3 rings (SSSR count). The van der Waals surface area contributed by atoms with E-state index in [0.717, 1.165) is 11.3 Å². The molecule has 1 saturated heterocycles. The molecule has 1 aliphatic carbocycles. The van der Waals surface area contributed by atoms with Gasteiger partial charge < -0.3 is 9.64 Å². The van der Waals surface area contributed by atoms with Crippen LogP contribution in [0.2, 0.25) is 0 Å². The van der Waals surface area contributed by atoms with Crippen molar-refractivity contribution in [2.24, 2.45) is 5.92 Å². The first-order valence-corrected chi connectivity index (χ1v) is 7.89. The lowest BCUT2D eigenvalue weighted by atomic mass is 9.97. The molecule has 2 unspecified atom stereocenters. The van der Waals surface area contributed by atoms with Gasteiger partial charge in [0.05, 0.1) is 13.7 Å². The average molecular weight is 288 g/mol. The number of hydrogen-bond donors (Lipinski definition) is 1. The lowest BCUT2D eigenvalue weighted by Gasteiger charge is -2.34. The third-order valence-corrected chi connectivity index (χ3v) is 4.94. The molecule has 1 amide bonds. The molecule has 21 heavy (non-hydrogen) atoms. The summed E-state index contributed by atoms with van der Waals surface area (Å²) in [7, 11) is 1.67. The second kappa shape index (κ2) is 6.06. The zero-order valence-corrected chi connectivity index (χ0v) is 12.8.